The fourth-order valence-electron chi connectivity index (χ4n) is 5.97. The van der Waals surface area contributed by atoms with E-state index >= 15 is 0 Å². The van der Waals surface area contributed by atoms with Crippen molar-refractivity contribution >= 4 is 27.5 Å². The number of methoxy groups -OCH3 is 2. The van der Waals surface area contributed by atoms with Gasteiger partial charge in [-0.1, -0.05) is 21.1 Å². The van der Waals surface area contributed by atoms with Crippen molar-refractivity contribution in [1.82, 2.24) is 15.0 Å². The Morgan fingerprint density at radius 2 is 1.95 bits per heavy atom. The van der Waals surface area contributed by atoms with Crippen molar-refractivity contribution in [3.63, 3.8) is 0 Å². The van der Waals surface area contributed by atoms with E-state index in [-0.39, 0.29) is 17.0 Å². The average molecular weight is 668 g/mol. The predicted octanol–water partition coefficient (Wildman–Crippen LogP) is 2.93. The van der Waals surface area contributed by atoms with E-state index in [2.05, 4.69) is 26.2 Å². The summed E-state index contributed by atoms with van der Waals surface area (Å²) < 4.78 is 46.9. The zero-order chi connectivity index (χ0) is 31.0. The number of aliphatic hydroxyl groups excluding tert-OH is 3. The van der Waals surface area contributed by atoms with Crippen molar-refractivity contribution in [2.45, 2.75) is 68.8 Å². The van der Waals surface area contributed by atoms with Gasteiger partial charge in [-0.05, 0) is 62.1 Å². The molecule has 14 heteroatoms. The number of rotatable bonds is 8. The Balaban J connectivity index is 1.54. The van der Waals surface area contributed by atoms with E-state index in [1.165, 1.54) is 36.1 Å². The molecule has 2 fully saturated rings. The van der Waals surface area contributed by atoms with Crippen LogP contribution in [0.5, 0.6) is 5.75 Å². The molecule has 0 bridgehead atoms. The Morgan fingerprint density at radius 3 is 2.58 bits per heavy atom. The summed E-state index contributed by atoms with van der Waals surface area (Å²) in [6.45, 7) is 1.26. The van der Waals surface area contributed by atoms with Gasteiger partial charge in [0.15, 0.2) is 17.7 Å². The smallest absolute Gasteiger partial charge is 0.259 e. The summed E-state index contributed by atoms with van der Waals surface area (Å²) in [5.41, 5.74) is 1.72. The van der Waals surface area contributed by atoms with E-state index in [0.717, 1.165) is 22.5 Å². The molecule has 1 saturated carbocycles. The maximum absolute atomic E-state index is 14.4. The Morgan fingerprint density at radius 1 is 1.19 bits per heavy atom. The Kier molecular flexibility index (Phi) is 9.44. The lowest BCUT2D eigenvalue weighted by Gasteiger charge is -2.45. The number of carbonyl (C=O) groups excluding carboxylic acids is 1. The average Bonchev–Trinajstić information content (AvgIpc) is 3.63. The molecular formula is C29H33BrF2N4O7. The van der Waals surface area contributed by atoms with Crippen LogP contribution in [0.2, 0.25) is 0 Å². The number of ether oxygens (including phenoxy) is 3. The fraction of sp³-hybridized carbons (Fsp3) is 0.483. The number of anilines is 1. The third-order valence-corrected chi connectivity index (χ3v) is 8.48. The van der Waals surface area contributed by atoms with Crippen molar-refractivity contribution in [3.8, 4) is 17.0 Å². The largest absolute Gasteiger partial charge is 0.494 e. The zero-order valence-corrected chi connectivity index (χ0v) is 25.3. The van der Waals surface area contributed by atoms with Crippen LogP contribution < -0.4 is 9.64 Å². The van der Waals surface area contributed by atoms with E-state index in [1.54, 1.807) is 6.07 Å². The first-order chi connectivity index (χ1) is 20.6. The Hall–Kier alpha value is -3.01. The Bertz CT molecular complexity index is 1460. The number of carbonyl (C=O) groups is 1. The van der Waals surface area contributed by atoms with Gasteiger partial charge >= 0.3 is 0 Å². The zero-order valence-electron chi connectivity index (χ0n) is 23.7. The number of halogens is 3. The van der Waals surface area contributed by atoms with Gasteiger partial charge in [0.25, 0.3) is 5.91 Å². The molecule has 232 valence electrons. The first-order valence-electron chi connectivity index (χ1n) is 13.8. The maximum atomic E-state index is 14.4. The van der Waals surface area contributed by atoms with Crippen LogP contribution in [-0.4, -0.2) is 93.6 Å². The van der Waals surface area contributed by atoms with Gasteiger partial charge in [0, 0.05) is 22.8 Å². The minimum atomic E-state index is -1.40. The quantitative estimate of drug-likeness (QED) is 0.331. The molecule has 2 aromatic carbocycles. The van der Waals surface area contributed by atoms with Crippen LogP contribution in [0.4, 0.5) is 14.5 Å². The van der Waals surface area contributed by atoms with Gasteiger partial charge in [-0.25, -0.2) is 9.07 Å². The molecule has 7 atom stereocenters. The fourth-order valence-corrected chi connectivity index (χ4v) is 6.57. The van der Waals surface area contributed by atoms with Crippen LogP contribution in [0.15, 0.2) is 41.0 Å². The van der Waals surface area contributed by atoms with E-state index in [0.29, 0.717) is 18.5 Å². The molecule has 1 aliphatic heterocycles. The third-order valence-electron chi connectivity index (χ3n) is 8.03. The van der Waals surface area contributed by atoms with Crippen LogP contribution in [0, 0.1) is 18.6 Å². The molecule has 1 saturated heterocycles. The highest BCUT2D eigenvalue weighted by Crippen LogP contribution is 2.38. The molecule has 1 aliphatic carbocycles. The molecule has 1 amide bonds. The first kappa shape index (κ1) is 31.4. The van der Waals surface area contributed by atoms with E-state index in [4.69, 9.17) is 14.2 Å². The van der Waals surface area contributed by atoms with E-state index in [1.807, 2.05) is 19.1 Å². The number of aromatic nitrogens is 3. The topological polar surface area (TPSA) is 139 Å². The first-order valence-corrected chi connectivity index (χ1v) is 14.6. The third kappa shape index (κ3) is 6.04. The highest BCUT2D eigenvalue weighted by Gasteiger charge is 2.52. The molecule has 0 radical (unpaired) electrons. The molecule has 0 spiro atoms. The molecule has 5 rings (SSSR count). The summed E-state index contributed by atoms with van der Waals surface area (Å²) in [5.74, 6) is -3.15. The summed E-state index contributed by atoms with van der Waals surface area (Å²) in [7, 11) is 2.55. The van der Waals surface area contributed by atoms with Crippen molar-refractivity contribution in [3.05, 3.63) is 58.2 Å². The van der Waals surface area contributed by atoms with Gasteiger partial charge in [-0.2, -0.15) is 4.39 Å². The molecule has 3 N–H and O–H groups in total. The normalized spacial score (nSPS) is 27.3. The van der Waals surface area contributed by atoms with Gasteiger partial charge in [-0.15, -0.1) is 5.10 Å². The van der Waals surface area contributed by atoms with E-state index < -0.39 is 66.8 Å². The number of amides is 1. The highest BCUT2D eigenvalue weighted by molar-refractivity contribution is 9.10. The molecule has 11 nitrogen and oxygen atoms in total. The van der Waals surface area contributed by atoms with Crippen LogP contribution in [0.25, 0.3) is 11.3 Å². The minimum Gasteiger partial charge on any atom is -0.494 e. The number of hydrogen-bond acceptors (Lipinski definition) is 9. The molecular weight excluding hydrogens is 634 g/mol. The SMILES string of the molecule is COc1cc(-c2cn([C@H]3[C@@H](O)[C@@H](CO)O[C@@H](C(=O)N(c4cc(C)cc(Br)c4)[C@H]4CCC[C@@H]4O)[C@@H]3OC)nn2)cc(F)c1F. The standard InChI is InChI=1S/C29H33BrF2N4O7/c1-14-7-16(30)11-17(8-14)36(20-5-4-6-21(20)38)29(40)28-27(42-3)25(26(39)23(13-37)43-28)35-12-19(33-34-35)15-9-18(31)24(32)22(10-15)41-2/h7-12,20-21,23,25-28,37-39H,4-6,13H2,1-3H3/t20-,21-,23+,25-,26-,27+,28+/m0/s1. The molecule has 2 aliphatic rings. The van der Waals surface area contributed by atoms with E-state index in [9.17, 15) is 28.9 Å². The summed E-state index contributed by atoms with van der Waals surface area (Å²) >= 11 is 3.49. The Labute approximate surface area is 255 Å². The summed E-state index contributed by atoms with van der Waals surface area (Å²) in [4.78, 5) is 15.9. The van der Waals surface area contributed by atoms with Crippen LogP contribution in [-0.2, 0) is 14.3 Å². The van der Waals surface area contributed by atoms with Crippen molar-refractivity contribution in [1.29, 1.82) is 0 Å². The van der Waals surface area contributed by atoms with Crippen LogP contribution >= 0.6 is 15.9 Å². The molecule has 3 aromatic rings. The lowest BCUT2D eigenvalue weighted by Crippen LogP contribution is -2.62. The molecule has 1 aromatic heterocycles. The number of aliphatic hydroxyl groups is 3. The second-order valence-electron chi connectivity index (χ2n) is 10.8. The van der Waals surface area contributed by atoms with Crippen molar-refractivity contribution in [2.75, 3.05) is 25.7 Å². The molecule has 2 heterocycles. The van der Waals surface area contributed by atoms with Gasteiger partial charge < -0.3 is 34.4 Å². The minimum absolute atomic E-state index is 0.134. The van der Waals surface area contributed by atoms with Gasteiger partial charge in [-0.3, -0.25) is 4.79 Å². The number of hydrogen-bond donors (Lipinski definition) is 3. The summed E-state index contributed by atoms with van der Waals surface area (Å²) in [6.07, 6.45) is -2.64. The molecule has 43 heavy (non-hydrogen) atoms. The number of benzene rings is 2. The van der Waals surface area contributed by atoms with Gasteiger partial charge in [0.05, 0.1) is 32.1 Å². The van der Waals surface area contributed by atoms with Crippen molar-refractivity contribution in [2.24, 2.45) is 0 Å². The summed E-state index contributed by atoms with van der Waals surface area (Å²) in [6, 6.07) is 6.07. The van der Waals surface area contributed by atoms with Crippen molar-refractivity contribution < 1.29 is 43.1 Å². The number of nitrogens with zero attached hydrogens (tertiary/aromatic N) is 4. The van der Waals surface area contributed by atoms with Crippen LogP contribution in [0.1, 0.15) is 30.9 Å². The maximum Gasteiger partial charge on any atom is 0.259 e. The lowest BCUT2D eigenvalue weighted by atomic mass is 9.91. The monoisotopic (exact) mass is 666 g/mol. The molecule has 0 unspecified atom stereocenters. The predicted molar refractivity (Wildman–Crippen MR) is 154 cm³/mol. The van der Waals surface area contributed by atoms with Gasteiger partial charge in [0.2, 0.25) is 5.82 Å². The lowest BCUT2D eigenvalue weighted by molar-refractivity contribution is -0.211. The second kappa shape index (κ2) is 12.9. The highest BCUT2D eigenvalue weighted by atomic mass is 79.9. The second-order valence-corrected chi connectivity index (χ2v) is 11.7. The summed E-state index contributed by atoms with van der Waals surface area (Å²) in [5, 5.41) is 40.4. The number of aryl methyl sites for hydroxylation is 1. The van der Waals surface area contributed by atoms with Gasteiger partial charge in [0.1, 0.15) is 30.0 Å². The van der Waals surface area contributed by atoms with Crippen LogP contribution in [0.3, 0.4) is 0 Å².